The van der Waals surface area contributed by atoms with Gasteiger partial charge in [-0.2, -0.15) is 0 Å². The van der Waals surface area contributed by atoms with Crippen LogP contribution in [0.2, 0.25) is 0 Å². The van der Waals surface area contributed by atoms with Crippen LogP contribution in [0.4, 0.5) is 5.13 Å². The zero-order chi connectivity index (χ0) is 13.4. The van der Waals surface area contributed by atoms with Crippen molar-refractivity contribution in [3.63, 3.8) is 0 Å². The molecule has 0 saturated heterocycles. The predicted molar refractivity (Wildman–Crippen MR) is 69.3 cm³/mol. The van der Waals surface area contributed by atoms with Gasteiger partial charge in [0, 0.05) is 10.9 Å². The Kier molecular flexibility index (Phi) is 2.64. The van der Waals surface area contributed by atoms with E-state index in [1.165, 1.54) is 11.3 Å². The van der Waals surface area contributed by atoms with E-state index in [0.717, 1.165) is 0 Å². The third kappa shape index (κ3) is 2.02. The number of nitrogens with zero attached hydrogens (tertiary/aromatic N) is 4. The number of carbonyl (C=O) groups excluding carboxylic acids is 1. The lowest BCUT2D eigenvalue weighted by Crippen LogP contribution is -2.07. The van der Waals surface area contributed by atoms with Crippen molar-refractivity contribution in [2.75, 3.05) is 5.73 Å². The van der Waals surface area contributed by atoms with E-state index in [4.69, 9.17) is 5.73 Å². The third-order valence-electron chi connectivity index (χ3n) is 2.66. The minimum absolute atomic E-state index is 0.123. The predicted octanol–water partition coefficient (Wildman–Crippen LogP) is 1.13. The molecule has 0 atom stereocenters. The van der Waals surface area contributed by atoms with Gasteiger partial charge in [-0.25, -0.2) is 4.98 Å². The maximum Gasteiger partial charge on any atom is 0.180 e. The van der Waals surface area contributed by atoms with Gasteiger partial charge in [0.2, 0.25) is 0 Å². The summed E-state index contributed by atoms with van der Waals surface area (Å²) < 4.78 is 0. The number of carbonyl (C=O) groups is 1. The van der Waals surface area contributed by atoms with Gasteiger partial charge in [0.05, 0.1) is 12.1 Å². The number of aromatic nitrogens is 4. The van der Waals surface area contributed by atoms with Gasteiger partial charge in [-0.05, 0) is 17.3 Å². The van der Waals surface area contributed by atoms with Gasteiger partial charge in [0.25, 0.3) is 0 Å². The number of para-hydroxylation sites is 1. The molecule has 96 valence electrons. The number of nitrogens with two attached hydrogens (primary N) is 1. The number of rotatable bonds is 3. The number of hydrogen-bond donors (Lipinski definition) is 2. The van der Waals surface area contributed by atoms with Crippen LogP contribution in [0, 0.1) is 0 Å². The molecule has 0 amide bonds. The normalized spacial score (nSPS) is 10.9. The maximum absolute atomic E-state index is 12.2. The van der Waals surface area contributed by atoms with Crippen LogP contribution < -0.4 is 5.73 Å². The third-order valence-corrected chi connectivity index (χ3v) is 3.39. The molecule has 3 aromatic rings. The number of fused-ring (bicyclic) bond motifs is 1. The molecule has 2 heterocycles. The van der Waals surface area contributed by atoms with Gasteiger partial charge in [-0.15, -0.1) is 16.4 Å². The molecule has 1 aromatic carbocycles. The Balaban J connectivity index is 1.99. The average molecular weight is 275 g/mol. The first-order valence-electron chi connectivity index (χ1n) is 5.42. The fraction of sp³-hybridized carbons (Fsp3) is 0.0909. The van der Waals surface area contributed by atoms with E-state index in [1.54, 1.807) is 23.6 Å². The molecule has 0 spiro atoms. The van der Waals surface area contributed by atoms with Crippen molar-refractivity contribution < 1.29 is 10.0 Å². The van der Waals surface area contributed by atoms with Crippen molar-refractivity contribution >= 4 is 33.3 Å². The van der Waals surface area contributed by atoms with Crippen molar-refractivity contribution in [2.24, 2.45) is 0 Å². The largest absolute Gasteiger partial charge is 0.410 e. The van der Waals surface area contributed by atoms with Crippen LogP contribution in [0.15, 0.2) is 23.6 Å². The summed E-state index contributed by atoms with van der Waals surface area (Å²) in [5.74, 6) is -0.173. The summed E-state index contributed by atoms with van der Waals surface area (Å²) in [5, 5.41) is 19.0. The van der Waals surface area contributed by atoms with Gasteiger partial charge in [0.1, 0.15) is 11.0 Å². The van der Waals surface area contributed by atoms with Crippen LogP contribution >= 0.6 is 11.3 Å². The maximum atomic E-state index is 12.2. The van der Waals surface area contributed by atoms with Crippen molar-refractivity contribution in [2.45, 2.75) is 6.42 Å². The Morgan fingerprint density at radius 2 is 2.32 bits per heavy atom. The van der Waals surface area contributed by atoms with E-state index in [1.807, 2.05) is 0 Å². The van der Waals surface area contributed by atoms with E-state index in [0.29, 0.717) is 32.3 Å². The molecule has 0 aliphatic rings. The lowest BCUT2D eigenvalue weighted by Gasteiger charge is -2.01. The highest BCUT2D eigenvalue weighted by atomic mass is 32.1. The molecule has 2 aromatic heterocycles. The second-order valence-electron chi connectivity index (χ2n) is 3.93. The fourth-order valence-electron chi connectivity index (χ4n) is 1.85. The Morgan fingerprint density at radius 1 is 1.47 bits per heavy atom. The topological polar surface area (TPSA) is 107 Å². The highest BCUT2D eigenvalue weighted by molar-refractivity contribution is 7.13. The lowest BCUT2D eigenvalue weighted by atomic mass is 10.1. The number of thiazole rings is 1. The quantitative estimate of drug-likeness (QED) is 0.548. The van der Waals surface area contributed by atoms with Gasteiger partial charge in [-0.3, -0.25) is 4.79 Å². The molecule has 19 heavy (non-hydrogen) atoms. The number of anilines is 1. The number of ketones is 1. The van der Waals surface area contributed by atoms with Crippen LogP contribution in [0.1, 0.15) is 16.1 Å². The average Bonchev–Trinajstić information content (AvgIpc) is 2.96. The van der Waals surface area contributed by atoms with E-state index in [2.05, 4.69) is 15.3 Å². The molecule has 0 bridgehead atoms. The first-order chi connectivity index (χ1) is 9.15. The zero-order valence-electron chi connectivity index (χ0n) is 9.65. The molecule has 0 unspecified atom stereocenters. The van der Waals surface area contributed by atoms with Crippen LogP contribution in [0.25, 0.3) is 11.0 Å². The van der Waals surface area contributed by atoms with E-state index in [-0.39, 0.29) is 12.2 Å². The summed E-state index contributed by atoms with van der Waals surface area (Å²) in [6.07, 6.45) is 0.123. The molecule has 0 aliphatic heterocycles. The Morgan fingerprint density at radius 3 is 3.05 bits per heavy atom. The Hall–Kier alpha value is -2.48. The number of nitrogen functional groups attached to an aromatic ring is 1. The fourth-order valence-corrected chi connectivity index (χ4v) is 2.41. The minimum Gasteiger partial charge on any atom is -0.410 e. The molecule has 0 saturated carbocycles. The van der Waals surface area contributed by atoms with Crippen molar-refractivity contribution in [1.82, 2.24) is 20.1 Å². The molecular weight excluding hydrogens is 266 g/mol. The highest BCUT2D eigenvalue weighted by Crippen LogP contribution is 2.19. The second-order valence-corrected chi connectivity index (χ2v) is 4.82. The molecular formula is C11H9N5O2S. The number of hydrogen-bond acceptors (Lipinski definition) is 7. The molecule has 3 rings (SSSR count). The van der Waals surface area contributed by atoms with Gasteiger partial charge in [0.15, 0.2) is 10.9 Å². The van der Waals surface area contributed by atoms with Crippen LogP contribution in [-0.4, -0.2) is 31.1 Å². The van der Waals surface area contributed by atoms with Gasteiger partial charge < -0.3 is 10.9 Å². The highest BCUT2D eigenvalue weighted by Gasteiger charge is 2.16. The molecule has 0 fully saturated rings. The monoisotopic (exact) mass is 275 g/mol. The molecule has 3 N–H and O–H groups in total. The van der Waals surface area contributed by atoms with Crippen LogP contribution in [0.3, 0.4) is 0 Å². The summed E-state index contributed by atoms with van der Waals surface area (Å²) in [7, 11) is 0. The summed E-state index contributed by atoms with van der Waals surface area (Å²) >= 11 is 1.29. The molecule has 7 nitrogen and oxygen atoms in total. The number of benzene rings is 1. The van der Waals surface area contributed by atoms with E-state index >= 15 is 0 Å². The van der Waals surface area contributed by atoms with Crippen molar-refractivity contribution in [3.05, 3.63) is 34.8 Å². The Bertz CT molecular complexity index is 763. The lowest BCUT2D eigenvalue weighted by molar-refractivity contribution is 0.0989. The van der Waals surface area contributed by atoms with Crippen molar-refractivity contribution in [1.29, 1.82) is 0 Å². The van der Waals surface area contributed by atoms with Gasteiger partial charge in [-0.1, -0.05) is 10.9 Å². The second kappa shape index (κ2) is 4.32. The molecule has 8 heteroatoms. The minimum atomic E-state index is -0.173. The summed E-state index contributed by atoms with van der Waals surface area (Å²) in [4.78, 5) is 16.9. The number of Topliss-reactive ketones (excluding diaryl/α,β-unsaturated/α-hetero) is 1. The van der Waals surface area contributed by atoms with E-state index < -0.39 is 0 Å². The summed E-state index contributed by atoms with van der Waals surface area (Å²) in [6.45, 7) is 0. The SMILES string of the molecule is Nc1nc(CC(=O)c2cccc3nnn(O)c23)cs1. The zero-order valence-corrected chi connectivity index (χ0v) is 10.5. The van der Waals surface area contributed by atoms with Crippen LogP contribution in [-0.2, 0) is 6.42 Å². The summed E-state index contributed by atoms with van der Waals surface area (Å²) in [6, 6.07) is 4.99. The first-order valence-corrected chi connectivity index (χ1v) is 6.30. The smallest absolute Gasteiger partial charge is 0.180 e. The standard InChI is InChI=1S/C11H9N5O2S/c12-11-13-6(5-19-11)4-9(17)7-2-1-3-8-10(7)16(18)15-14-8/h1-3,5,18H,4H2,(H2,12,13). The van der Waals surface area contributed by atoms with Crippen molar-refractivity contribution in [3.8, 4) is 0 Å². The van der Waals surface area contributed by atoms with Gasteiger partial charge >= 0.3 is 0 Å². The first kappa shape index (κ1) is 11.6. The summed E-state index contributed by atoms with van der Waals surface area (Å²) in [5.41, 5.74) is 7.26. The molecule has 0 radical (unpaired) electrons. The van der Waals surface area contributed by atoms with Crippen LogP contribution in [0.5, 0.6) is 0 Å². The Labute approximate surface area is 111 Å². The molecule has 0 aliphatic carbocycles. The van der Waals surface area contributed by atoms with E-state index in [9.17, 15) is 10.0 Å².